The molecule has 2 heterocycles. The van der Waals surface area contributed by atoms with Gasteiger partial charge >= 0.3 is 0 Å². The highest BCUT2D eigenvalue weighted by molar-refractivity contribution is 5.71. The lowest BCUT2D eigenvalue weighted by Crippen LogP contribution is -2.32. The van der Waals surface area contributed by atoms with E-state index in [-0.39, 0.29) is 5.92 Å². The second-order valence-corrected chi connectivity index (χ2v) is 4.55. The molecule has 0 bridgehead atoms. The summed E-state index contributed by atoms with van der Waals surface area (Å²) in [6, 6.07) is 12.2. The van der Waals surface area contributed by atoms with Crippen LogP contribution in [-0.2, 0) is 11.2 Å². The van der Waals surface area contributed by atoms with Gasteiger partial charge in [-0.3, -0.25) is 4.98 Å². The Morgan fingerprint density at radius 2 is 2.11 bits per heavy atom. The molecule has 0 saturated heterocycles. The lowest BCUT2D eigenvalue weighted by atomic mass is 9.93. The molecule has 0 spiro atoms. The van der Waals surface area contributed by atoms with Gasteiger partial charge in [0.15, 0.2) is 0 Å². The fourth-order valence-corrected chi connectivity index (χ4v) is 2.48. The van der Waals surface area contributed by atoms with E-state index in [4.69, 9.17) is 0 Å². The lowest BCUT2D eigenvalue weighted by molar-refractivity contribution is -0.110. The number of nitrogens with zero attached hydrogens (tertiary/aromatic N) is 2. The Bertz CT molecular complexity index is 553. The monoisotopic (exact) mass is 238 g/mol. The van der Waals surface area contributed by atoms with Crippen molar-refractivity contribution < 1.29 is 4.79 Å². The molecule has 0 saturated carbocycles. The topological polar surface area (TPSA) is 33.2 Å². The number of aromatic nitrogens is 1. The van der Waals surface area contributed by atoms with Crippen molar-refractivity contribution >= 4 is 17.7 Å². The molecule has 3 nitrogen and oxygen atoms in total. The molecule has 3 rings (SSSR count). The first-order valence-electron chi connectivity index (χ1n) is 6.09. The maximum Gasteiger partial charge on any atom is 0.125 e. The van der Waals surface area contributed by atoms with E-state index < -0.39 is 0 Å². The molecule has 18 heavy (non-hydrogen) atoms. The van der Waals surface area contributed by atoms with Crippen LogP contribution < -0.4 is 4.90 Å². The van der Waals surface area contributed by atoms with Crippen LogP contribution in [0, 0.1) is 5.92 Å². The van der Waals surface area contributed by atoms with E-state index in [2.05, 4.69) is 22.0 Å². The van der Waals surface area contributed by atoms with Gasteiger partial charge in [0.1, 0.15) is 6.29 Å². The Labute approximate surface area is 106 Å². The fraction of sp³-hybridized carbons (Fsp3) is 0.200. The third-order valence-corrected chi connectivity index (χ3v) is 3.33. The van der Waals surface area contributed by atoms with E-state index in [1.807, 2.05) is 30.5 Å². The van der Waals surface area contributed by atoms with Crippen LogP contribution in [0.25, 0.3) is 0 Å². The van der Waals surface area contributed by atoms with Gasteiger partial charge in [0, 0.05) is 24.3 Å². The molecule has 0 aliphatic carbocycles. The summed E-state index contributed by atoms with van der Waals surface area (Å²) in [7, 11) is 0. The normalized spacial score (nSPS) is 18.2. The third kappa shape index (κ3) is 1.88. The minimum Gasteiger partial charge on any atom is -0.339 e. The van der Waals surface area contributed by atoms with Gasteiger partial charge < -0.3 is 9.69 Å². The Balaban J connectivity index is 2.06. The van der Waals surface area contributed by atoms with Crippen molar-refractivity contribution in [3.63, 3.8) is 0 Å². The van der Waals surface area contributed by atoms with E-state index in [1.54, 1.807) is 6.20 Å². The first kappa shape index (κ1) is 11.0. The van der Waals surface area contributed by atoms with Crippen molar-refractivity contribution in [2.24, 2.45) is 5.92 Å². The summed E-state index contributed by atoms with van der Waals surface area (Å²) in [6.45, 7) is 0.728. The molecule has 1 unspecified atom stereocenters. The third-order valence-electron chi connectivity index (χ3n) is 3.33. The molecule has 1 atom stereocenters. The minimum absolute atomic E-state index is 0.0557. The Kier molecular flexibility index (Phi) is 2.81. The number of benzene rings is 1. The molecule has 0 fully saturated rings. The highest BCUT2D eigenvalue weighted by Gasteiger charge is 2.24. The van der Waals surface area contributed by atoms with Crippen LogP contribution in [0.5, 0.6) is 0 Å². The number of hydrogen-bond acceptors (Lipinski definition) is 3. The van der Waals surface area contributed by atoms with Crippen LogP contribution in [-0.4, -0.2) is 17.8 Å². The van der Waals surface area contributed by atoms with Gasteiger partial charge in [-0.25, -0.2) is 0 Å². The van der Waals surface area contributed by atoms with E-state index in [1.165, 1.54) is 11.3 Å². The summed E-state index contributed by atoms with van der Waals surface area (Å²) >= 11 is 0. The number of carbonyl (C=O) groups excluding carboxylic acids is 1. The van der Waals surface area contributed by atoms with Crippen LogP contribution in [0.3, 0.4) is 0 Å². The Morgan fingerprint density at radius 3 is 2.89 bits per heavy atom. The average molecular weight is 238 g/mol. The van der Waals surface area contributed by atoms with Gasteiger partial charge in [0.25, 0.3) is 0 Å². The number of fused-ring (bicyclic) bond motifs is 1. The number of pyridine rings is 1. The Morgan fingerprint density at radius 1 is 1.22 bits per heavy atom. The predicted molar refractivity (Wildman–Crippen MR) is 70.9 cm³/mol. The number of carbonyl (C=O) groups is 1. The molecule has 2 aromatic rings. The molecule has 0 amide bonds. The lowest BCUT2D eigenvalue weighted by Gasteiger charge is -2.33. The van der Waals surface area contributed by atoms with Crippen molar-refractivity contribution in [1.29, 1.82) is 0 Å². The number of hydrogen-bond donors (Lipinski definition) is 0. The maximum absolute atomic E-state index is 11.1. The van der Waals surface area contributed by atoms with E-state index in [0.29, 0.717) is 0 Å². The second kappa shape index (κ2) is 4.61. The zero-order chi connectivity index (χ0) is 12.4. The highest BCUT2D eigenvalue weighted by Crippen LogP contribution is 2.34. The molecule has 90 valence electrons. The Hall–Kier alpha value is -2.16. The molecule has 3 heteroatoms. The van der Waals surface area contributed by atoms with Gasteiger partial charge in [0.05, 0.1) is 11.9 Å². The van der Waals surface area contributed by atoms with Crippen LogP contribution >= 0.6 is 0 Å². The summed E-state index contributed by atoms with van der Waals surface area (Å²) < 4.78 is 0. The fourth-order valence-electron chi connectivity index (χ4n) is 2.48. The molecule has 1 aliphatic heterocycles. The number of anilines is 2. The molecular weight excluding hydrogens is 224 g/mol. The van der Waals surface area contributed by atoms with Crippen molar-refractivity contribution in [2.75, 3.05) is 11.4 Å². The summed E-state index contributed by atoms with van der Waals surface area (Å²) in [5.74, 6) is 0.0557. The zero-order valence-electron chi connectivity index (χ0n) is 9.99. The van der Waals surface area contributed by atoms with Crippen molar-refractivity contribution in [3.05, 3.63) is 54.4 Å². The second-order valence-electron chi connectivity index (χ2n) is 4.55. The highest BCUT2D eigenvalue weighted by atomic mass is 16.1. The van der Waals surface area contributed by atoms with E-state index >= 15 is 0 Å². The van der Waals surface area contributed by atoms with Crippen LogP contribution in [0.1, 0.15) is 5.56 Å². The summed E-state index contributed by atoms with van der Waals surface area (Å²) in [5, 5.41) is 0. The van der Waals surface area contributed by atoms with Crippen molar-refractivity contribution in [1.82, 2.24) is 4.98 Å². The summed E-state index contributed by atoms with van der Waals surface area (Å²) in [5.41, 5.74) is 3.45. The number of para-hydroxylation sites is 1. The quantitative estimate of drug-likeness (QED) is 0.754. The molecule has 0 N–H and O–H groups in total. The predicted octanol–water partition coefficient (Wildman–Crippen LogP) is 2.59. The van der Waals surface area contributed by atoms with Gasteiger partial charge in [0.2, 0.25) is 0 Å². The number of rotatable bonds is 2. The first-order valence-corrected chi connectivity index (χ1v) is 6.09. The molecule has 0 radical (unpaired) electrons. The van der Waals surface area contributed by atoms with Crippen LogP contribution in [0.15, 0.2) is 48.8 Å². The average Bonchev–Trinajstić information content (AvgIpc) is 2.47. The van der Waals surface area contributed by atoms with Crippen molar-refractivity contribution in [2.45, 2.75) is 6.42 Å². The molecular formula is C15H14N2O. The smallest absolute Gasteiger partial charge is 0.125 e. The van der Waals surface area contributed by atoms with Gasteiger partial charge in [-0.15, -0.1) is 0 Å². The van der Waals surface area contributed by atoms with Gasteiger partial charge in [-0.05, 0) is 30.2 Å². The number of aldehydes is 1. The van der Waals surface area contributed by atoms with Crippen molar-refractivity contribution in [3.8, 4) is 0 Å². The SMILES string of the molecule is O=CC1Cc2ccccc2N(c2cccnc2)C1. The largest absolute Gasteiger partial charge is 0.339 e. The molecule has 1 aliphatic rings. The van der Waals surface area contributed by atoms with Gasteiger partial charge in [-0.1, -0.05) is 18.2 Å². The minimum atomic E-state index is 0.0557. The summed E-state index contributed by atoms with van der Waals surface area (Å²) in [6.07, 6.45) is 5.48. The maximum atomic E-state index is 11.1. The zero-order valence-corrected chi connectivity index (χ0v) is 9.99. The summed E-state index contributed by atoms with van der Waals surface area (Å²) in [4.78, 5) is 17.4. The molecule has 1 aromatic heterocycles. The standard InChI is InChI=1S/C15H14N2O/c18-11-12-8-13-4-1-2-6-15(13)17(10-12)14-5-3-7-16-9-14/h1-7,9,11-12H,8,10H2. The van der Waals surface area contributed by atoms with Crippen LogP contribution in [0.2, 0.25) is 0 Å². The van der Waals surface area contributed by atoms with Gasteiger partial charge in [-0.2, -0.15) is 0 Å². The first-order chi connectivity index (χ1) is 8.88. The van der Waals surface area contributed by atoms with E-state index in [0.717, 1.165) is 24.9 Å². The molecule has 1 aromatic carbocycles. The van der Waals surface area contributed by atoms with Crippen LogP contribution in [0.4, 0.5) is 11.4 Å². The van der Waals surface area contributed by atoms with E-state index in [9.17, 15) is 4.79 Å².